The van der Waals surface area contributed by atoms with Gasteiger partial charge in [-0.3, -0.25) is 0 Å². The molecule has 36 heavy (non-hydrogen) atoms. The molecule has 0 radical (unpaired) electrons. The normalized spacial score (nSPS) is 10.8. The summed E-state index contributed by atoms with van der Waals surface area (Å²) in [5.74, 6) is 0.511. The topological polar surface area (TPSA) is 59.1 Å². The van der Waals surface area contributed by atoms with Gasteiger partial charge in [-0.2, -0.15) is 13.2 Å². The molecule has 2 heterocycles. The van der Waals surface area contributed by atoms with E-state index in [1.807, 2.05) is 25.3 Å². The highest BCUT2D eigenvalue weighted by molar-refractivity contribution is 7.14. The molecule has 0 amide bonds. The molecule has 0 fully saturated rings. The van der Waals surface area contributed by atoms with Crippen molar-refractivity contribution in [1.82, 2.24) is 9.97 Å². The largest absolute Gasteiger partial charge is 0.493 e. The summed E-state index contributed by atoms with van der Waals surface area (Å²) in [6.45, 7) is 10.0. The number of nitrogens with one attached hydrogen (secondary N) is 2. The molecule has 1 aromatic carbocycles. The predicted octanol–water partition coefficient (Wildman–Crippen LogP) is 9.29. The van der Waals surface area contributed by atoms with Gasteiger partial charge < -0.3 is 15.4 Å². The first-order chi connectivity index (χ1) is 17.4. The van der Waals surface area contributed by atoms with Gasteiger partial charge in [0.2, 0.25) is 0 Å². The van der Waals surface area contributed by atoms with Crippen molar-refractivity contribution < 1.29 is 17.9 Å². The number of ether oxygens (including phenoxy) is 1. The Balaban J connectivity index is 0.00000222. The van der Waals surface area contributed by atoms with Crippen LogP contribution >= 0.6 is 11.3 Å². The smallest absolute Gasteiger partial charge is 0.420 e. The van der Waals surface area contributed by atoms with Gasteiger partial charge in [0, 0.05) is 22.8 Å². The molecule has 2 N–H and O–H groups in total. The first-order valence-electron chi connectivity index (χ1n) is 12.3. The van der Waals surface area contributed by atoms with E-state index in [0.717, 1.165) is 43.7 Å². The van der Waals surface area contributed by atoms with E-state index in [4.69, 9.17) is 4.74 Å². The Morgan fingerprint density at radius 3 is 2.47 bits per heavy atom. The summed E-state index contributed by atoms with van der Waals surface area (Å²) in [6, 6.07) is 7.66. The maximum Gasteiger partial charge on any atom is 0.420 e. The fraction of sp³-hybridized carbons (Fsp3) is 0.407. The molecule has 0 aliphatic carbocycles. The van der Waals surface area contributed by atoms with Crippen LogP contribution in [0.15, 0.2) is 54.7 Å². The summed E-state index contributed by atoms with van der Waals surface area (Å²) in [5, 5.41) is 8.17. The Kier molecular flexibility index (Phi) is 12.3. The van der Waals surface area contributed by atoms with Crippen molar-refractivity contribution in [3.63, 3.8) is 0 Å². The molecule has 0 unspecified atom stereocenters. The van der Waals surface area contributed by atoms with E-state index in [9.17, 15) is 13.2 Å². The van der Waals surface area contributed by atoms with E-state index in [1.54, 1.807) is 18.3 Å². The van der Waals surface area contributed by atoms with Crippen molar-refractivity contribution in [3.8, 4) is 17.0 Å². The molecular formula is C27H35F3N4OS. The molecule has 0 spiro atoms. The lowest BCUT2D eigenvalue weighted by Gasteiger charge is -2.15. The third-order valence-electron chi connectivity index (χ3n) is 5.11. The van der Waals surface area contributed by atoms with Crippen LogP contribution in [-0.4, -0.2) is 16.6 Å². The first kappa shape index (κ1) is 29.2. The molecule has 5 nitrogen and oxygen atoms in total. The molecule has 0 saturated carbocycles. The number of aromatic nitrogens is 2. The molecular weight excluding hydrogens is 485 g/mol. The second kappa shape index (κ2) is 15.1. The zero-order chi connectivity index (χ0) is 26.4. The van der Waals surface area contributed by atoms with E-state index < -0.39 is 11.7 Å². The van der Waals surface area contributed by atoms with E-state index in [2.05, 4.69) is 34.1 Å². The van der Waals surface area contributed by atoms with Crippen LogP contribution in [0, 0.1) is 0 Å². The standard InChI is InChI=1S/C25H29F3N4OS.C2H6/c1-3-5-6-7-8-9-14-33-22-12-11-19(15-20(22)25(26,27)28)31-24-32-21(17-34-24)18-10-13-23(29-4-2)30-16-18;1-2/h4,10-13,15-17H,2-3,5-9,14H2,1H3,(H,29,30)(H,31,32);1-2H3. The van der Waals surface area contributed by atoms with Crippen LogP contribution in [-0.2, 0) is 6.18 Å². The van der Waals surface area contributed by atoms with Crippen LogP contribution in [0.2, 0.25) is 0 Å². The van der Waals surface area contributed by atoms with Crippen LogP contribution < -0.4 is 15.4 Å². The Labute approximate surface area is 215 Å². The summed E-state index contributed by atoms with van der Waals surface area (Å²) in [7, 11) is 0. The zero-order valence-corrected chi connectivity index (χ0v) is 21.9. The molecule has 0 aliphatic heterocycles. The predicted molar refractivity (Wildman–Crippen MR) is 144 cm³/mol. The third-order valence-corrected chi connectivity index (χ3v) is 5.86. The van der Waals surface area contributed by atoms with Crippen LogP contribution in [0.1, 0.15) is 64.9 Å². The second-order valence-electron chi connectivity index (χ2n) is 7.77. The molecule has 0 atom stereocenters. The molecule has 3 aromatic rings. The molecule has 9 heteroatoms. The van der Waals surface area contributed by atoms with Gasteiger partial charge in [0.15, 0.2) is 5.13 Å². The van der Waals surface area contributed by atoms with Crippen LogP contribution in [0.3, 0.4) is 0 Å². The summed E-state index contributed by atoms with van der Waals surface area (Å²) in [6.07, 6.45) is 4.95. The number of rotatable bonds is 13. The number of halogens is 3. The number of hydrogen-bond acceptors (Lipinski definition) is 6. The fourth-order valence-corrected chi connectivity index (χ4v) is 4.08. The van der Waals surface area contributed by atoms with Crippen molar-refractivity contribution in [2.45, 2.75) is 65.5 Å². The highest BCUT2D eigenvalue weighted by Gasteiger charge is 2.34. The summed E-state index contributed by atoms with van der Waals surface area (Å²) in [4.78, 5) is 8.73. The first-order valence-corrected chi connectivity index (χ1v) is 13.2. The lowest BCUT2D eigenvalue weighted by molar-refractivity contribution is -0.138. The second-order valence-corrected chi connectivity index (χ2v) is 8.63. The molecule has 196 valence electrons. The Morgan fingerprint density at radius 2 is 1.81 bits per heavy atom. The lowest BCUT2D eigenvalue weighted by Crippen LogP contribution is -2.10. The van der Waals surface area contributed by atoms with E-state index in [0.29, 0.717) is 22.3 Å². The highest BCUT2D eigenvalue weighted by Crippen LogP contribution is 2.39. The van der Waals surface area contributed by atoms with Gasteiger partial charge in [0.1, 0.15) is 11.6 Å². The number of thiazole rings is 1. The number of alkyl halides is 3. The summed E-state index contributed by atoms with van der Waals surface area (Å²) in [5.41, 5.74) is 0.979. The average molecular weight is 521 g/mol. The van der Waals surface area contributed by atoms with Crippen molar-refractivity contribution in [3.05, 3.63) is 60.3 Å². The minimum Gasteiger partial charge on any atom is -0.493 e. The molecule has 0 bridgehead atoms. The number of unbranched alkanes of at least 4 members (excludes halogenated alkanes) is 5. The number of anilines is 3. The lowest BCUT2D eigenvalue weighted by atomic mass is 10.1. The van der Waals surface area contributed by atoms with Gasteiger partial charge in [-0.25, -0.2) is 9.97 Å². The van der Waals surface area contributed by atoms with Crippen molar-refractivity contribution >= 4 is 28.0 Å². The molecule has 2 aromatic heterocycles. The number of pyridine rings is 1. The van der Waals surface area contributed by atoms with Gasteiger partial charge in [0.05, 0.1) is 17.9 Å². The van der Waals surface area contributed by atoms with E-state index >= 15 is 0 Å². The number of hydrogen-bond donors (Lipinski definition) is 2. The van der Waals surface area contributed by atoms with E-state index in [-0.39, 0.29) is 12.4 Å². The third kappa shape index (κ3) is 9.18. The molecule has 3 rings (SSSR count). The van der Waals surface area contributed by atoms with Crippen LogP contribution in [0.4, 0.5) is 29.8 Å². The molecule has 0 aliphatic rings. The Morgan fingerprint density at radius 1 is 1.06 bits per heavy atom. The van der Waals surface area contributed by atoms with Gasteiger partial charge in [0.25, 0.3) is 0 Å². The van der Waals surface area contributed by atoms with Gasteiger partial charge >= 0.3 is 6.18 Å². The number of benzene rings is 1. The maximum absolute atomic E-state index is 13.7. The summed E-state index contributed by atoms with van der Waals surface area (Å²) >= 11 is 1.30. The van der Waals surface area contributed by atoms with Gasteiger partial charge in [-0.15, -0.1) is 11.3 Å². The van der Waals surface area contributed by atoms with Crippen LogP contribution in [0.25, 0.3) is 11.3 Å². The van der Waals surface area contributed by atoms with Crippen molar-refractivity contribution in [2.24, 2.45) is 0 Å². The maximum atomic E-state index is 13.7. The van der Waals surface area contributed by atoms with Crippen molar-refractivity contribution in [2.75, 3.05) is 17.2 Å². The zero-order valence-electron chi connectivity index (χ0n) is 21.1. The average Bonchev–Trinajstić information content (AvgIpc) is 3.34. The van der Waals surface area contributed by atoms with E-state index in [1.165, 1.54) is 30.0 Å². The minimum atomic E-state index is -4.52. The van der Waals surface area contributed by atoms with Gasteiger partial charge in [-0.05, 0) is 43.0 Å². The highest BCUT2D eigenvalue weighted by atomic mass is 32.1. The SMILES string of the molecule is C=CNc1ccc(-c2csc(Nc3ccc(OCCCCCCCC)c(C(F)(F)F)c3)n2)cn1.CC. The molecule has 0 saturated heterocycles. The Hall–Kier alpha value is -3.07. The Bertz CT molecular complexity index is 1050. The van der Waals surface area contributed by atoms with Crippen molar-refractivity contribution in [1.29, 1.82) is 0 Å². The monoisotopic (exact) mass is 520 g/mol. The minimum absolute atomic E-state index is 0.147. The van der Waals surface area contributed by atoms with Crippen LogP contribution in [0.5, 0.6) is 5.75 Å². The summed E-state index contributed by atoms with van der Waals surface area (Å²) < 4.78 is 46.5. The van der Waals surface area contributed by atoms with Gasteiger partial charge in [-0.1, -0.05) is 59.5 Å². The fourth-order valence-electron chi connectivity index (χ4n) is 3.34. The number of nitrogens with zero attached hydrogens (tertiary/aromatic N) is 2. The quantitative estimate of drug-likeness (QED) is 0.220.